The highest BCUT2D eigenvalue weighted by Crippen LogP contribution is 2.36. The number of aliphatic hydroxyl groups excluding tert-OH is 1. The Labute approximate surface area is 149 Å². The van der Waals surface area contributed by atoms with Gasteiger partial charge < -0.3 is 24.2 Å². The topological polar surface area (TPSA) is 68.2 Å². The van der Waals surface area contributed by atoms with E-state index in [0.717, 1.165) is 0 Å². The smallest absolute Gasteiger partial charge is 0.389 e. The molecule has 1 aliphatic rings. The molecular weight excluding hydrogens is 355 g/mol. The number of rotatable bonds is 6. The molecular formula is C17H22F3NO5. The number of hydrogen-bond donors (Lipinski definition) is 1. The Morgan fingerprint density at radius 1 is 1.31 bits per heavy atom. The third-order valence-electron chi connectivity index (χ3n) is 4.22. The summed E-state index contributed by atoms with van der Waals surface area (Å²) in [5.41, 5.74) is 0.585. The van der Waals surface area contributed by atoms with E-state index < -0.39 is 37.1 Å². The predicted molar refractivity (Wildman–Crippen MR) is 86.1 cm³/mol. The van der Waals surface area contributed by atoms with Gasteiger partial charge in [-0.15, -0.1) is 0 Å². The van der Waals surface area contributed by atoms with Gasteiger partial charge in [-0.25, -0.2) is 0 Å². The molecule has 26 heavy (non-hydrogen) atoms. The van der Waals surface area contributed by atoms with Gasteiger partial charge in [0.1, 0.15) is 6.10 Å². The Kier molecular flexibility index (Phi) is 6.71. The molecule has 0 radical (unpaired) electrons. The van der Waals surface area contributed by atoms with Crippen molar-refractivity contribution in [2.24, 2.45) is 0 Å². The summed E-state index contributed by atoms with van der Waals surface area (Å²) in [5.74, 6) is 0.252. The second-order valence-electron chi connectivity index (χ2n) is 5.85. The minimum Gasteiger partial charge on any atom is -0.493 e. The number of amides is 1. The molecule has 0 aliphatic carbocycles. The quantitative estimate of drug-likeness (QED) is 0.824. The zero-order chi connectivity index (χ0) is 19.3. The van der Waals surface area contributed by atoms with Crippen LogP contribution in [0, 0.1) is 0 Å². The van der Waals surface area contributed by atoms with Crippen LogP contribution in [-0.2, 0) is 9.53 Å². The van der Waals surface area contributed by atoms with Crippen LogP contribution in [-0.4, -0.2) is 62.2 Å². The molecule has 0 spiro atoms. The molecule has 2 unspecified atom stereocenters. The molecule has 9 heteroatoms. The molecule has 0 saturated carbocycles. The van der Waals surface area contributed by atoms with Crippen LogP contribution in [0.4, 0.5) is 13.2 Å². The molecule has 0 aromatic heterocycles. The molecule has 1 heterocycles. The number of benzene rings is 1. The van der Waals surface area contributed by atoms with Gasteiger partial charge in [-0.3, -0.25) is 4.79 Å². The fourth-order valence-corrected chi connectivity index (χ4v) is 2.99. The fourth-order valence-electron chi connectivity index (χ4n) is 2.99. The van der Waals surface area contributed by atoms with E-state index in [0.29, 0.717) is 17.1 Å². The number of ether oxygens (including phenoxy) is 3. The number of carbonyl (C=O) groups is 1. The van der Waals surface area contributed by atoms with Crippen molar-refractivity contribution >= 4 is 5.91 Å². The molecule has 6 nitrogen and oxygen atoms in total. The van der Waals surface area contributed by atoms with Gasteiger partial charge in [0.2, 0.25) is 5.91 Å². The van der Waals surface area contributed by atoms with Crippen LogP contribution < -0.4 is 9.47 Å². The molecule has 146 valence electrons. The van der Waals surface area contributed by atoms with E-state index in [1.807, 2.05) is 0 Å². The minimum atomic E-state index is -4.41. The van der Waals surface area contributed by atoms with E-state index in [-0.39, 0.29) is 19.8 Å². The molecule has 2 atom stereocenters. The Hall–Kier alpha value is -2.00. The first kappa shape index (κ1) is 20.3. The number of aliphatic hydroxyl groups is 1. The molecule has 1 aliphatic heterocycles. The normalized spacial score (nSPS) is 20.8. The average Bonchev–Trinajstić information content (AvgIpc) is 2.64. The number of hydrogen-bond acceptors (Lipinski definition) is 5. The Bertz CT molecular complexity index is 623. The summed E-state index contributed by atoms with van der Waals surface area (Å²) < 4.78 is 53.3. The van der Waals surface area contributed by atoms with Crippen molar-refractivity contribution in [2.45, 2.75) is 31.2 Å². The number of morpholine rings is 1. The van der Waals surface area contributed by atoms with Crippen molar-refractivity contribution in [1.82, 2.24) is 4.90 Å². The third-order valence-corrected chi connectivity index (χ3v) is 4.22. The highest BCUT2D eigenvalue weighted by Gasteiger charge is 2.38. The van der Waals surface area contributed by atoms with Crippen LogP contribution in [0.25, 0.3) is 0 Å². The van der Waals surface area contributed by atoms with Crippen molar-refractivity contribution < 1.29 is 37.3 Å². The number of halogens is 3. The minimum absolute atomic E-state index is 0.145. The standard InChI is InChI=1S/C17H22F3NO5/c1-24-12-4-3-11(9-13(12)25-2)16-14(10-22)26-8-7-21(16)15(23)5-6-17(18,19)20/h3-4,9,14,16,22H,5-8,10H2,1-2H3. The van der Waals surface area contributed by atoms with Crippen molar-refractivity contribution in [3.8, 4) is 11.5 Å². The van der Waals surface area contributed by atoms with Crippen molar-refractivity contribution in [1.29, 1.82) is 0 Å². The van der Waals surface area contributed by atoms with Crippen molar-refractivity contribution in [3.05, 3.63) is 23.8 Å². The third kappa shape index (κ3) is 4.79. The molecule has 2 rings (SSSR count). The molecule has 1 amide bonds. The molecule has 1 N–H and O–H groups in total. The lowest BCUT2D eigenvalue weighted by Crippen LogP contribution is -2.49. The van der Waals surface area contributed by atoms with E-state index in [1.54, 1.807) is 18.2 Å². The van der Waals surface area contributed by atoms with Gasteiger partial charge >= 0.3 is 6.18 Å². The number of alkyl halides is 3. The maximum atomic E-state index is 12.5. The van der Waals surface area contributed by atoms with Gasteiger partial charge in [-0.05, 0) is 17.7 Å². The number of methoxy groups -OCH3 is 2. The van der Waals surface area contributed by atoms with Crippen LogP contribution in [0.1, 0.15) is 24.4 Å². The zero-order valence-corrected chi connectivity index (χ0v) is 14.6. The summed E-state index contributed by atoms with van der Waals surface area (Å²) in [5, 5.41) is 9.61. The van der Waals surface area contributed by atoms with E-state index in [9.17, 15) is 23.1 Å². The van der Waals surface area contributed by atoms with E-state index >= 15 is 0 Å². The Balaban J connectivity index is 2.31. The van der Waals surface area contributed by atoms with E-state index in [2.05, 4.69) is 0 Å². The maximum absolute atomic E-state index is 12.5. The van der Waals surface area contributed by atoms with E-state index in [4.69, 9.17) is 14.2 Å². The second kappa shape index (κ2) is 8.59. The predicted octanol–water partition coefficient (Wildman–Crippen LogP) is 2.31. The molecule has 1 aromatic carbocycles. The molecule has 0 bridgehead atoms. The summed E-state index contributed by atoms with van der Waals surface area (Å²) in [6.45, 7) is -0.0823. The summed E-state index contributed by atoms with van der Waals surface area (Å²) in [4.78, 5) is 13.7. The van der Waals surface area contributed by atoms with Gasteiger partial charge in [-0.2, -0.15) is 13.2 Å². The highest BCUT2D eigenvalue weighted by molar-refractivity contribution is 5.77. The maximum Gasteiger partial charge on any atom is 0.389 e. The zero-order valence-electron chi connectivity index (χ0n) is 14.6. The summed E-state index contributed by atoms with van der Waals surface area (Å²) in [6.07, 6.45) is -6.98. The van der Waals surface area contributed by atoms with Crippen LogP contribution >= 0.6 is 0 Å². The summed E-state index contributed by atoms with van der Waals surface area (Å²) >= 11 is 0. The fraction of sp³-hybridized carbons (Fsp3) is 0.588. The lowest BCUT2D eigenvalue weighted by Gasteiger charge is -2.41. The average molecular weight is 377 g/mol. The summed E-state index contributed by atoms with van der Waals surface area (Å²) in [7, 11) is 2.93. The van der Waals surface area contributed by atoms with Crippen LogP contribution in [0.5, 0.6) is 11.5 Å². The lowest BCUT2D eigenvalue weighted by atomic mass is 9.97. The van der Waals surface area contributed by atoms with Gasteiger partial charge in [0.15, 0.2) is 11.5 Å². The van der Waals surface area contributed by atoms with Crippen molar-refractivity contribution in [2.75, 3.05) is 34.0 Å². The second-order valence-corrected chi connectivity index (χ2v) is 5.85. The van der Waals surface area contributed by atoms with Crippen LogP contribution in [0.2, 0.25) is 0 Å². The monoisotopic (exact) mass is 377 g/mol. The highest BCUT2D eigenvalue weighted by atomic mass is 19.4. The van der Waals surface area contributed by atoms with Crippen LogP contribution in [0.3, 0.4) is 0 Å². The number of carbonyl (C=O) groups excluding carboxylic acids is 1. The SMILES string of the molecule is COc1ccc(C2C(CO)OCCN2C(=O)CCC(F)(F)F)cc1OC. The first-order valence-corrected chi connectivity index (χ1v) is 8.11. The van der Waals surface area contributed by atoms with Crippen LogP contribution in [0.15, 0.2) is 18.2 Å². The molecule has 1 aromatic rings. The Morgan fingerprint density at radius 2 is 2.00 bits per heavy atom. The van der Waals surface area contributed by atoms with E-state index in [1.165, 1.54) is 19.1 Å². The van der Waals surface area contributed by atoms with Gasteiger partial charge in [0.25, 0.3) is 0 Å². The van der Waals surface area contributed by atoms with Gasteiger partial charge in [0.05, 0.1) is 39.9 Å². The lowest BCUT2D eigenvalue weighted by molar-refractivity contribution is -0.160. The summed E-state index contributed by atoms with van der Waals surface area (Å²) in [6, 6.07) is 4.22. The first-order valence-electron chi connectivity index (χ1n) is 8.11. The van der Waals surface area contributed by atoms with Crippen molar-refractivity contribution in [3.63, 3.8) is 0 Å². The largest absolute Gasteiger partial charge is 0.493 e. The Morgan fingerprint density at radius 3 is 2.58 bits per heavy atom. The molecule has 1 fully saturated rings. The first-order chi connectivity index (χ1) is 12.3. The van der Waals surface area contributed by atoms with Gasteiger partial charge in [-0.1, -0.05) is 6.07 Å². The van der Waals surface area contributed by atoms with Gasteiger partial charge in [0, 0.05) is 13.0 Å². The molecule has 1 saturated heterocycles. The number of nitrogens with zero attached hydrogens (tertiary/aromatic N) is 1.